The molecule has 2 aromatic carbocycles. The van der Waals surface area contributed by atoms with Crippen molar-refractivity contribution < 1.29 is 37.9 Å². The van der Waals surface area contributed by atoms with E-state index in [1.807, 2.05) is 27.7 Å². The van der Waals surface area contributed by atoms with Crippen molar-refractivity contribution in [2.75, 3.05) is 20.3 Å². The number of phenols is 1. The Balaban J connectivity index is 1.89. The minimum Gasteiger partial charge on any atom is -0.504 e. The SMILES string of the molecule is CCOC(CC)Oc1ccc(Oc2cc(=O)c3c(O)c(OC)c(OC(CC)OCC)cc3o2)cc1. The minimum atomic E-state index is -0.562. The summed E-state index contributed by atoms with van der Waals surface area (Å²) in [7, 11) is 1.37. The molecular weight excluding hydrogens is 456 g/mol. The Labute approximate surface area is 204 Å². The van der Waals surface area contributed by atoms with E-state index in [1.165, 1.54) is 13.2 Å². The summed E-state index contributed by atoms with van der Waals surface area (Å²) in [6.45, 7) is 8.63. The summed E-state index contributed by atoms with van der Waals surface area (Å²) in [4.78, 5) is 12.8. The van der Waals surface area contributed by atoms with Gasteiger partial charge in [0.1, 0.15) is 22.5 Å². The average Bonchev–Trinajstić information content (AvgIpc) is 2.84. The van der Waals surface area contributed by atoms with E-state index >= 15 is 0 Å². The molecular formula is C26H32O9. The Morgan fingerprint density at radius 1 is 0.886 bits per heavy atom. The predicted octanol–water partition coefficient (Wildman–Crippen LogP) is 5.60. The van der Waals surface area contributed by atoms with Crippen LogP contribution in [0.5, 0.6) is 34.7 Å². The minimum absolute atomic E-state index is 0.0182. The third kappa shape index (κ3) is 6.37. The lowest BCUT2D eigenvalue weighted by Gasteiger charge is -2.20. The van der Waals surface area contributed by atoms with E-state index in [2.05, 4.69) is 0 Å². The van der Waals surface area contributed by atoms with Gasteiger partial charge in [0.25, 0.3) is 5.95 Å². The van der Waals surface area contributed by atoms with Gasteiger partial charge in [-0.15, -0.1) is 0 Å². The predicted molar refractivity (Wildman–Crippen MR) is 130 cm³/mol. The van der Waals surface area contributed by atoms with E-state index < -0.39 is 11.7 Å². The van der Waals surface area contributed by atoms with Gasteiger partial charge in [-0.1, -0.05) is 13.8 Å². The van der Waals surface area contributed by atoms with E-state index in [4.69, 9.17) is 32.8 Å². The van der Waals surface area contributed by atoms with Crippen molar-refractivity contribution in [3.05, 3.63) is 46.6 Å². The Hall–Kier alpha value is -3.43. The van der Waals surface area contributed by atoms with Crippen LogP contribution in [0.4, 0.5) is 0 Å². The van der Waals surface area contributed by atoms with Gasteiger partial charge in [-0.2, -0.15) is 0 Å². The first-order valence-electron chi connectivity index (χ1n) is 11.7. The molecule has 0 aliphatic carbocycles. The molecule has 0 fully saturated rings. The van der Waals surface area contributed by atoms with Gasteiger partial charge >= 0.3 is 0 Å². The fourth-order valence-electron chi connectivity index (χ4n) is 3.41. The highest BCUT2D eigenvalue weighted by atomic mass is 16.7. The number of rotatable bonds is 13. The topological polar surface area (TPSA) is 106 Å². The second-order valence-electron chi connectivity index (χ2n) is 7.45. The first-order chi connectivity index (χ1) is 16.9. The van der Waals surface area contributed by atoms with Crippen molar-refractivity contribution in [3.63, 3.8) is 0 Å². The number of fused-ring (bicyclic) bond motifs is 1. The summed E-state index contributed by atoms with van der Waals surface area (Å²) in [5.74, 6) is 0.818. The van der Waals surface area contributed by atoms with Gasteiger partial charge < -0.3 is 37.9 Å². The molecule has 9 heteroatoms. The zero-order chi connectivity index (χ0) is 25.4. The molecule has 35 heavy (non-hydrogen) atoms. The normalized spacial score (nSPS) is 12.8. The van der Waals surface area contributed by atoms with Gasteiger partial charge in [-0.25, -0.2) is 0 Å². The molecule has 0 spiro atoms. The number of methoxy groups -OCH3 is 1. The van der Waals surface area contributed by atoms with E-state index in [0.717, 1.165) is 6.07 Å². The van der Waals surface area contributed by atoms with Crippen LogP contribution in [0.1, 0.15) is 40.5 Å². The molecule has 0 amide bonds. The maximum absolute atomic E-state index is 12.8. The molecule has 0 saturated carbocycles. The summed E-state index contributed by atoms with van der Waals surface area (Å²) >= 11 is 0. The lowest BCUT2D eigenvalue weighted by molar-refractivity contribution is -0.0777. The molecule has 9 nitrogen and oxygen atoms in total. The highest BCUT2D eigenvalue weighted by molar-refractivity contribution is 5.88. The van der Waals surface area contributed by atoms with Gasteiger partial charge in [0.15, 0.2) is 24.1 Å². The molecule has 190 valence electrons. The quantitative estimate of drug-likeness (QED) is 0.308. The molecule has 0 saturated heterocycles. The Morgan fingerprint density at radius 3 is 2.06 bits per heavy atom. The summed E-state index contributed by atoms with van der Waals surface area (Å²) in [5.41, 5.74) is -0.419. The summed E-state index contributed by atoms with van der Waals surface area (Å²) in [6.07, 6.45) is 0.377. The number of hydrogen-bond acceptors (Lipinski definition) is 9. The Kier molecular flexibility index (Phi) is 9.22. The van der Waals surface area contributed by atoms with Crippen LogP contribution in [-0.2, 0) is 9.47 Å². The van der Waals surface area contributed by atoms with Gasteiger partial charge in [0.2, 0.25) is 11.2 Å². The Morgan fingerprint density at radius 2 is 1.49 bits per heavy atom. The van der Waals surface area contributed by atoms with Crippen LogP contribution >= 0.6 is 0 Å². The van der Waals surface area contributed by atoms with Gasteiger partial charge in [-0.05, 0) is 38.1 Å². The average molecular weight is 489 g/mol. The Bertz CT molecular complexity index is 1150. The zero-order valence-corrected chi connectivity index (χ0v) is 20.7. The monoisotopic (exact) mass is 488 g/mol. The number of ether oxygens (including phenoxy) is 6. The second-order valence-corrected chi connectivity index (χ2v) is 7.45. The third-order valence-electron chi connectivity index (χ3n) is 5.03. The molecule has 0 aliphatic rings. The molecule has 0 bridgehead atoms. The zero-order valence-electron chi connectivity index (χ0n) is 20.7. The lowest BCUT2D eigenvalue weighted by Crippen LogP contribution is -2.19. The van der Waals surface area contributed by atoms with Crippen LogP contribution in [0.25, 0.3) is 11.0 Å². The van der Waals surface area contributed by atoms with Crippen LogP contribution in [-0.4, -0.2) is 38.0 Å². The molecule has 3 rings (SSSR count). The van der Waals surface area contributed by atoms with Crippen LogP contribution in [0, 0.1) is 0 Å². The van der Waals surface area contributed by atoms with Crippen molar-refractivity contribution >= 4 is 11.0 Å². The van der Waals surface area contributed by atoms with Gasteiger partial charge in [0.05, 0.1) is 13.2 Å². The van der Waals surface area contributed by atoms with Crippen LogP contribution in [0.2, 0.25) is 0 Å². The first kappa shape index (κ1) is 26.2. The summed E-state index contributed by atoms with van der Waals surface area (Å²) in [6, 6.07) is 9.47. The maximum atomic E-state index is 12.8. The van der Waals surface area contributed by atoms with Crippen molar-refractivity contribution in [1.82, 2.24) is 0 Å². The highest BCUT2D eigenvalue weighted by Gasteiger charge is 2.22. The fourth-order valence-corrected chi connectivity index (χ4v) is 3.41. The number of aromatic hydroxyl groups is 1. The fraction of sp³-hybridized carbons (Fsp3) is 0.423. The smallest absolute Gasteiger partial charge is 0.294 e. The summed E-state index contributed by atoms with van der Waals surface area (Å²) in [5, 5.41) is 10.7. The van der Waals surface area contributed by atoms with E-state index in [-0.39, 0.29) is 40.5 Å². The van der Waals surface area contributed by atoms with Crippen molar-refractivity contribution in [3.8, 4) is 34.7 Å². The molecule has 1 aromatic heterocycles. The number of phenolic OH excluding ortho intramolecular Hbond substituents is 1. The molecule has 2 unspecified atom stereocenters. The summed E-state index contributed by atoms with van der Waals surface area (Å²) < 4.78 is 39.5. The molecule has 3 aromatic rings. The number of hydrogen-bond donors (Lipinski definition) is 1. The molecule has 1 heterocycles. The number of benzene rings is 2. The van der Waals surface area contributed by atoms with E-state index in [1.54, 1.807) is 24.3 Å². The van der Waals surface area contributed by atoms with Crippen LogP contribution in [0.15, 0.2) is 45.6 Å². The second kappa shape index (κ2) is 12.3. The standard InChI is InChI=1S/C26H32O9/c1-6-21(30-8-3)32-16-10-12-17(13-11-16)33-23-14-18(27)24-19(34-23)15-20(26(29-5)25(24)28)35-22(7-2)31-9-4/h10-15,21-22,28H,6-9H2,1-5H3. The molecule has 0 radical (unpaired) electrons. The molecule has 1 N–H and O–H groups in total. The molecule has 2 atom stereocenters. The molecule has 0 aliphatic heterocycles. The van der Waals surface area contributed by atoms with Crippen molar-refractivity contribution in [2.24, 2.45) is 0 Å². The van der Waals surface area contributed by atoms with E-state index in [9.17, 15) is 9.90 Å². The van der Waals surface area contributed by atoms with Crippen molar-refractivity contribution in [1.29, 1.82) is 0 Å². The van der Waals surface area contributed by atoms with Gasteiger partial charge in [0, 0.05) is 32.1 Å². The highest BCUT2D eigenvalue weighted by Crippen LogP contribution is 2.43. The first-order valence-corrected chi connectivity index (χ1v) is 11.7. The van der Waals surface area contributed by atoms with Gasteiger partial charge in [-0.3, -0.25) is 4.79 Å². The van der Waals surface area contributed by atoms with E-state index in [0.29, 0.717) is 37.6 Å². The van der Waals surface area contributed by atoms with Crippen LogP contribution < -0.4 is 24.4 Å². The van der Waals surface area contributed by atoms with Crippen molar-refractivity contribution in [2.45, 2.75) is 53.1 Å². The van der Waals surface area contributed by atoms with Crippen LogP contribution in [0.3, 0.4) is 0 Å². The third-order valence-corrected chi connectivity index (χ3v) is 5.03. The maximum Gasteiger partial charge on any atom is 0.294 e. The lowest BCUT2D eigenvalue weighted by atomic mass is 10.2. The largest absolute Gasteiger partial charge is 0.504 e.